The SMILES string of the molecule is COC(=O)CC=Cc1cc(OC)cc(C(=O)O)c1. The summed E-state index contributed by atoms with van der Waals surface area (Å²) >= 11 is 0. The number of rotatable bonds is 5. The molecular formula is C13H14O5. The normalized spacial score (nSPS) is 10.3. The first-order chi connectivity index (χ1) is 8.56. The lowest BCUT2D eigenvalue weighted by atomic mass is 10.1. The third-order valence-electron chi connectivity index (χ3n) is 2.23. The molecule has 0 saturated heterocycles. The molecule has 0 aliphatic carbocycles. The van der Waals surface area contributed by atoms with Crippen LogP contribution in [0, 0.1) is 0 Å². The van der Waals surface area contributed by atoms with Crippen LogP contribution in [0.15, 0.2) is 24.3 Å². The Hall–Kier alpha value is -2.30. The van der Waals surface area contributed by atoms with Gasteiger partial charge in [-0.2, -0.15) is 0 Å². The summed E-state index contributed by atoms with van der Waals surface area (Å²) in [5, 5.41) is 8.93. The number of carboxylic acid groups (broad SMARTS) is 1. The van der Waals surface area contributed by atoms with E-state index in [0.29, 0.717) is 11.3 Å². The van der Waals surface area contributed by atoms with Crippen LogP contribution >= 0.6 is 0 Å². The number of carboxylic acids is 1. The Morgan fingerprint density at radius 2 is 2.00 bits per heavy atom. The second-order valence-corrected chi connectivity index (χ2v) is 3.48. The molecule has 0 saturated carbocycles. The summed E-state index contributed by atoms with van der Waals surface area (Å²) in [6, 6.07) is 4.61. The molecule has 1 rings (SSSR count). The molecule has 1 N–H and O–H groups in total. The van der Waals surface area contributed by atoms with E-state index in [-0.39, 0.29) is 18.0 Å². The number of ether oxygens (including phenoxy) is 2. The van der Waals surface area contributed by atoms with Crippen LogP contribution in [-0.2, 0) is 9.53 Å². The van der Waals surface area contributed by atoms with E-state index in [1.807, 2.05) is 0 Å². The molecule has 0 heterocycles. The van der Waals surface area contributed by atoms with Crippen LogP contribution in [0.4, 0.5) is 0 Å². The number of hydrogen-bond acceptors (Lipinski definition) is 4. The summed E-state index contributed by atoms with van der Waals surface area (Å²) in [5.74, 6) is -0.934. The fourth-order valence-electron chi connectivity index (χ4n) is 1.33. The molecular weight excluding hydrogens is 236 g/mol. The Bertz CT molecular complexity index is 476. The van der Waals surface area contributed by atoms with E-state index >= 15 is 0 Å². The van der Waals surface area contributed by atoms with Gasteiger partial charge in [-0.1, -0.05) is 12.2 Å². The molecule has 0 unspecified atom stereocenters. The highest BCUT2D eigenvalue weighted by molar-refractivity contribution is 5.89. The van der Waals surface area contributed by atoms with Crippen molar-refractivity contribution >= 4 is 18.0 Å². The molecule has 0 fully saturated rings. The van der Waals surface area contributed by atoms with E-state index in [1.54, 1.807) is 18.2 Å². The molecule has 1 aromatic rings. The predicted molar refractivity (Wildman–Crippen MR) is 65.6 cm³/mol. The number of benzene rings is 1. The predicted octanol–water partition coefficient (Wildman–Crippen LogP) is 1.97. The Kier molecular flexibility index (Phi) is 4.92. The van der Waals surface area contributed by atoms with Crippen LogP contribution in [0.2, 0.25) is 0 Å². The van der Waals surface area contributed by atoms with Gasteiger partial charge in [0.2, 0.25) is 0 Å². The number of carbonyl (C=O) groups excluding carboxylic acids is 1. The van der Waals surface area contributed by atoms with E-state index in [1.165, 1.54) is 26.4 Å². The van der Waals surface area contributed by atoms with Crippen LogP contribution in [-0.4, -0.2) is 31.3 Å². The van der Waals surface area contributed by atoms with Gasteiger partial charge in [0, 0.05) is 0 Å². The first-order valence-electron chi connectivity index (χ1n) is 5.22. The molecule has 18 heavy (non-hydrogen) atoms. The quantitative estimate of drug-likeness (QED) is 0.809. The summed E-state index contributed by atoms with van der Waals surface area (Å²) in [5.41, 5.74) is 0.780. The van der Waals surface area contributed by atoms with E-state index in [0.717, 1.165) is 0 Å². The highest BCUT2D eigenvalue weighted by Gasteiger charge is 2.06. The van der Waals surface area contributed by atoms with E-state index in [4.69, 9.17) is 9.84 Å². The van der Waals surface area contributed by atoms with Gasteiger partial charge >= 0.3 is 11.9 Å². The lowest BCUT2D eigenvalue weighted by Gasteiger charge is -2.03. The van der Waals surface area contributed by atoms with Gasteiger partial charge in [0.1, 0.15) is 5.75 Å². The average Bonchev–Trinajstić information content (AvgIpc) is 2.37. The minimum Gasteiger partial charge on any atom is -0.497 e. The molecule has 1 aromatic carbocycles. The van der Waals surface area contributed by atoms with Crippen molar-refractivity contribution in [3.8, 4) is 5.75 Å². The second-order valence-electron chi connectivity index (χ2n) is 3.48. The zero-order valence-electron chi connectivity index (χ0n) is 10.2. The van der Waals surface area contributed by atoms with E-state index < -0.39 is 5.97 Å². The molecule has 0 aromatic heterocycles. The summed E-state index contributed by atoms with van der Waals surface area (Å²) in [6.45, 7) is 0. The smallest absolute Gasteiger partial charge is 0.335 e. The molecule has 0 radical (unpaired) electrons. The van der Waals surface area contributed by atoms with Crippen molar-refractivity contribution in [3.63, 3.8) is 0 Å². The van der Waals surface area contributed by atoms with Gasteiger partial charge in [0.15, 0.2) is 0 Å². The van der Waals surface area contributed by atoms with Crippen molar-refractivity contribution in [3.05, 3.63) is 35.4 Å². The van der Waals surface area contributed by atoms with Crippen molar-refractivity contribution in [2.75, 3.05) is 14.2 Å². The van der Waals surface area contributed by atoms with Crippen molar-refractivity contribution in [2.24, 2.45) is 0 Å². The summed E-state index contributed by atoms with van der Waals surface area (Å²) in [4.78, 5) is 21.8. The van der Waals surface area contributed by atoms with Gasteiger partial charge in [0.05, 0.1) is 26.2 Å². The number of esters is 1. The van der Waals surface area contributed by atoms with E-state index in [9.17, 15) is 9.59 Å². The fourth-order valence-corrected chi connectivity index (χ4v) is 1.33. The maximum atomic E-state index is 10.9. The zero-order chi connectivity index (χ0) is 13.5. The molecule has 0 amide bonds. The van der Waals surface area contributed by atoms with Crippen LogP contribution in [0.1, 0.15) is 22.3 Å². The minimum atomic E-state index is -1.03. The van der Waals surface area contributed by atoms with Gasteiger partial charge in [0.25, 0.3) is 0 Å². The Balaban J connectivity index is 2.91. The standard InChI is InChI=1S/C13H14O5/c1-17-11-7-9(4-3-5-12(14)18-2)6-10(8-11)13(15)16/h3-4,6-8H,5H2,1-2H3,(H,15,16). The van der Waals surface area contributed by atoms with Gasteiger partial charge in [-0.05, 0) is 23.8 Å². The van der Waals surface area contributed by atoms with Crippen molar-refractivity contribution in [1.82, 2.24) is 0 Å². The van der Waals surface area contributed by atoms with Gasteiger partial charge in [-0.25, -0.2) is 4.79 Å². The lowest BCUT2D eigenvalue weighted by molar-refractivity contribution is -0.139. The van der Waals surface area contributed by atoms with Crippen LogP contribution in [0.5, 0.6) is 5.75 Å². The van der Waals surface area contributed by atoms with Gasteiger partial charge < -0.3 is 14.6 Å². The fraction of sp³-hybridized carbons (Fsp3) is 0.231. The summed E-state index contributed by atoms with van der Waals surface area (Å²) in [7, 11) is 2.77. The molecule has 0 bridgehead atoms. The second kappa shape index (κ2) is 6.44. The molecule has 0 atom stereocenters. The molecule has 5 nitrogen and oxygen atoms in total. The average molecular weight is 250 g/mol. The molecule has 0 aliphatic heterocycles. The first kappa shape index (κ1) is 13.8. The number of aromatic carboxylic acids is 1. The zero-order valence-corrected chi connectivity index (χ0v) is 10.2. The third kappa shape index (κ3) is 3.93. The van der Waals surface area contributed by atoms with Gasteiger partial charge in [-0.3, -0.25) is 4.79 Å². The molecule has 0 spiro atoms. The van der Waals surface area contributed by atoms with Crippen LogP contribution in [0.25, 0.3) is 6.08 Å². The van der Waals surface area contributed by atoms with Crippen molar-refractivity contribution < 1.29 is 24.2 Å². The van der Waals surface area contributed by atoms with Crippen LogP contribution in [0.3, 0.4) is 0 Å². The maximum Gasteiger partial charge on any atom is 0.335 e. The van der Waals surface area contributed by atoms with Gasteiger partial charge in [-0.15, -0.1) is 0 Å². The highest BCUT2D eigenvalue weighted by atomic mass is 16.5. The minimum absolute atomic E-state index is 0.132. The number of methoxy groups -OCH3 is 2. The maximum absolute atomic E-state index is 10.9. The number of carbonyl (C=O) groups is 2. The van der Waals surface area contributed by atoms with Crippen LogP contribution < -0.4 is 4.74 Å². The van der Waals surface area contributed by atoms with Crippen molar-refractivity contribution in [1.29, 1.82) is 0 Å². The Labute approximate surface area is 105 Å². The third-order valence-corrected chi connectivity index (χ3v) is 2.23. The molecule has 96 valence electrons. The largest absolute Gasteiger partial charge is 0.497 e. The summed E-state index contributed by atoms with van der Waals surface area (Å²) in [6.07, 6.45) is 3.38. The molecule has 0 aliphatic rings. The molecule has 5 heteroatoms. The monoisotopic (exact) mass is 250 g/mol. The topological polar surface area (TPSA) is 72.8 Å². The number of hydrogen-bond donors (Lipinski definition) is 1. The Morgan fingerprint density at radius 3 is 2.56 bits per heavy atom. The Morgan fingerprint density at radius 1 is 1.28 bits per heavy atom. The van der Waals surface area contributed by atoms with E-state index in [2.05, 4.69) is 4.74 Å². The summed E-state index contributed by atoms with van der Waals surface area (Å²) < 4.78 is 9.49. The van der Waals surface area contributed by atoms with Crippen molar-refractivity contribution in [2.45, 2.75) is 6.42 Å². The lowest BCUT2D eigenvalue weighted by Crippen LogP contribution is -1.98. The highest BCUT2D eigenvalue weighted by Crippen LogP contribution is 2.18. The first-order valence-corrected chi connectivity index (χ1v) is 5.22.